The van der Waals surface area contributed by atoms with Crippen molar-refractivity contribution in [2.24, 2.45) is 0 Å². The molecule has 0 saturated carbocycles. The van der Waals surface area contributed by atoms with Crippen molar-refractivity contribution in [1.29, 1.82) is 0 Å². The minimum atomic E-state index is -0.240. The molecule has 2 N–H and O–H groups in total. The molecule has 3 aromatic rings. The number of pyridine rings is 1. The van der Waals surface area contributed by atoms with Crippen LogP contribution < -0.4 is 5.32 Å². The number of fused-ring (bicyclic) bond motifs is 1. The van der Waals surface area contributed by atoms with Gasteiger partial charge in [0.05, 0.1) is 23.5 Å². The molecule has 1 unspecified atom stereocenters. The third-order valence-corrected chi connectivity index (χ3v) is 4.34. The van der Waals surface area contributed by atoms with Crippen molar-refractivity contribution < 1.29 is 9.18 Å². The SMILES string of the molecule is O=C(NC1CCc2cc(F)ccc21)c1cn[nH]c1-c1ccncc1. The molecule has 4 rings (SSSR count). The number of aromatic nitrogens is 3. The van der Waals surface area contributed by atoms with Crippen LogP contribution in [0.2, 0.25) is 0 Å². The molecule has 1 aromatic carbocycles. The molecule has 0 aliphatic heterocycles. The number of aryl methyl sites for hydroxylation is 1. The molecule has 5 nitrogen and oxygen atoms in total. The van der Waals surface area contributed by atoms with E-state index in [0.717, 1.165) is 29.5 Å². The highest BCUT2D eigenvalue weighted by atomic mass is 19.1. The molecule has 120 valence electrons. The van der Waals surface area contributed by atoms with E-state index in [1.54, 1.807) is 24.5 Å². The molecule has 0 radical (unpaired) electrons. The van der Waals surface area contributed by atoms with Crippen molar-refractivity contribution in [3.05, 3.63) is 71.4 Å². The van der Waals surface area contributed by atoms with Crippen molar-refractivity contribution in [3.63, 3.8) is 0 Å². The Morgan fingerprint density at radius 3 is 2.92 bits per heavy atom. The molecular weight excluding hydrogens is 307 g/mol. The monoisotopic (exact) mass is 322 g/mol. The van der Waals surface area contributed by atoms with Crippen LogP contribution in [0, 0.1) is 5.82 Å². The third-order valence-electron chi connectivity index (χ3n) is 4.34. The second-order valence-electron chi connectivity index (χ2n) is 5.80. The molecule has 6 heteroatoms. The van der Waals surface area contributed by atoms with Gasteiger partial charge in [-0.15, -0.1) is 0 Å². The zero-order valence-electron chi connectivity index (χ0n) is 12.8. The summed E-state index contributed by atoms with van der Waals surface area (Å²) in [5.41, 5.74) is 3.94. The quantitative estimate of drug-likeness (QED) is 0.778. The Balaban J connectivity index is 1.58. The van der Waals surface area contributed by atoms with Crippen LogP contribution in [0.4, 0.5) is 4.39 Å². The van der Waals surface area contributed by atoms with Crippen LogP contribution in [0.15, 0.2) is 48.9 Å². The topological polar surface area (TPSA) is 70.7 Å². The van der Waals surface area contributed by atoms with E-state index in [2.05, 4.69) is 20.5 Å². The Morgan fingerprint density at radius 1 is 1.25 bits per heavy atom. The van der Waals surface area contributed by atoms with Crippen LogP contribution in [-0.2, 0) is 6.42 Å². The van der Waals surface area contributed by atoms with Gasteiger partial charge in [0.15, 0.2) is 0 Å². The second kappa shape index (κ2) is 5.88. The fraction of sp³-hybridized carbons (Fsp3) is 0.167. The minimum absolute atomic E-state index is 0.103. The fourth-order valence-electron chi connectivity index (χ4n) is 3.17. The highest BCUT2D eigenvalue weighted by Gasteiger charge is 2.26. The Hall–Kier alpha value is -3.02. The van der Waals surface area contributed by atoms with Gasteiger partial charge in [0.2, 0.25) is 0 Å². The van der Waals surface area contributed by atoms with Gasteiger partial charge in [-0.25, -0.2) is 4.39 Å². The summed E-state index contributed by atoms with van der Waals surface area (Å²) >= 11 is 0. The molecule has 1 aliphatic rings. The van der Waals surface area contributed by atoms with Gasteiger partial charge in [-0.3, -0.25) is 14.9 Å². The van der Waals surface area contributed by atoms with Crippen molar-refractivity contribution in [2.45, 2.75) is 18.9 Å². The predicted molar refractivity (Wildman–Crippen MR) is 86.7 cm³/mol. The molecule has 0 spiro atoms. The summed E-state index contributed by atoms with van der Waals surface area (Å²) in [5.74, 6) is -0.437. The average Bonchev–Trinajstić information content (AvgIpc) is 3.23. The van der Waals surface area contributed by atoms with Crippen LogP contribution in [0.5, 0.6) is 0 Å². The number of H-pyrrole nitrogens is 1. The van der Waals surface area contributed by atoms with E-state index in [-0.39, 0.29) is 17.8 Å². The van der Waals surface area contributed by atoms with Crippen LogP contribution >= 0.6 is 0 Å². The first-order valence-corrected chi connectivity index (χ1v) is 7.75. The minimum Gasteiger partial charge on any atom is -0.345 e. The van der Waals surface area contributed by atoms with Crippen LogP contribution in [0.1, 0.15) is 33.9 Å². The Kier molecular flexibility index (Phi) is 3.57. The van der Waals surface area contributed by atoms with Crippen molar-refractivity contribution in [3.8, 4) is 11.3 Å². The molecule has 2 heterocycles. The molecule has 0 fully saturated rings. The molecule has 24 heavy (non-hydrogen) atoms. The van der Waals surface area contributed by atoms with Gasteiger partial charge in [-0.05, 0) is 48.2 Å². The predicted octanol–water partition coefficient (Wildman–Crippen LogP) is 3.03. The number of halogens is 1. The molecule has 2 aromatic heterocycles. The van der Waals surface area contributed by atoms with E-state index in [4.69, 9.17) is 0 Å². The molecule has 1 atom stereocenters. The summed E-state index contributed by atoms with van der Waals surface area (Å²) in [5, 5.41) is 9.89. The van der Waals surface area contributed by atoms with E-state index in [9.17, 15) is 9.18 Å². The first-order chi connectivity index (χ1) is 11.7. The van der Waals surface area contributed by atoms with Gasteiger partial charge < -0.3 is 5.32 Å². The van der Waals surface area contributed by atoms with Crippen molar-refractivity contribution in [2.75, 3.05) is 0 Å². The summed E-state index contributed by atoms with van der Waals surface area (Å²) in [6.07, 6.45) is 6.39. The first kappa shape index (κ1) is 14.6. The highest BCUT2D eigenvalue weighted by Crippen LogP contribution is 2.32. The zero-order chi connectivity index (χ0) is 16.5. The van der Waals surface area contributed by atoms with Crippen LogP contribution in [-0.4, -0.2) is 21.1 Å². The molecule has 0 bridgehead atoms. The smallest absolute Gasteiger partial charge is 0.255 e. The maximum Gasteiger partial charge on any atom is 0.255 e. The zero-order valence-corrected chi connectivity index (χ0v) is 12.8. The van der Waals surface area contributed by atoms with Gasteiger partial charge in [-0.1, -0.05) is 6.07 Å². The van der Waals surface area contributed by atoms with E-state index in [0.29, 0.717) is 11.3 Å². The Labute approximate surface area is 137 Å². The molecule has 0 saturated heterocycles. The largest absolute Gasteiger partial charge is 0.345 e. The number of rotatable bonds is 3. The van der Waals surface area contributed by atoms with Crippen LogP contribution in [0.3, 0.4) is 0 Å². The summed E-state index contributed by atoms with van der Waals surface area (Å²) in [7, 11) is 0. The third kappa shape index (κ3) is 2.56. The van der Waals surface area contributed by atoms with Gasteiger partial charge in [0.25, 0.3) is 5.91 Å². The van der Waals surface area contributed by atoms with Gasteiger partial charge in [0.1, 0.15) is 5.82 Å². The van der Waals surface area contributed by atoms with Crippen molar-refractivity contribution >= 4 is 5.91 Å². The average molecular weight is 322 g/mol. The molecule has 1 aliphatic carbocycles. The van der Waals surface area contributed by atoms with E-state index in [1.165, 1.54) is 12.3 Å². The van der Waals surface area contributed by atoms with E-state index >= 15 is 0 Å². The standard InChI is InChI=1S/C18H15FN4O/c19-13-2-3-14-12(9-13)1-4-16(14)22-18(24)15-10-21-23-17(15)11-5-7-20-8-6-11/h2-3,5-10,16H,1,4H2,(H,21,23)(H,22,24). The summed E-state index contributed by atoms with van der Waals surface area (Å²) in [6, 6.07) is 8.26. The van der Waals surface area contributed by atoms with E-state index in [1.807, 2.05) is 12.1 Å². The van der Waals surface area contributed by atoms with Crippen LogP contribution in [0.25, 0.3) is 11.3 Å². The number of hydrogen-bond donors (Lipinski definition) is 2. The first-order valence-electron chi connectivity index (χ1n) is 7.75. The number of carbonyl (C=O) groups excluding carboxylic acids is 1. The second-order valence-corrected chi connectivity index (χ2v) is 5.80. The van der Waals surface area contributed by atoms with Gasteiger partial charge in [0, 0.05) is 18.0 Å². The lowest BCUT2D eigenvalue weighted by Gasteiger charge is -2.14. The lowest BCUT2D eigenvalue weighted by molar-refractivity contribution is 0.0937. The van der Waals surface area contributed by atoms with Gasteiger partial charge >= 0.3 is 0 Å². The number of aromatic amines is 1. The number of nitrogens with one attached hydrogen (secondary N) is 2. The maximum absolute atomic E-state index is 13.3. The summed E-state index contributed by atoms with van der Waals surface area (Å²) in [6.45, 7) is 0. The van der Waals surface area contributed by atoms with Crippen molar-refractivity contribution in [1.82, 2.24) is 20.5 Å². The number of carbonyl (C=O) groups is 1. The number of amides is 1. The lowest BCUT2D eigenvalue weighted by atomic mass is 10.1. The summed E-state index contributed by atoms with van der Waals surface area (Å²) in [4.78, 5) is 16.7. The summed E-state index contributed by atoms with van der Waals surface area (Å²) < 4.78 is 13.3. The fourth-order valence-corrected chi connectivity index (χ4v) is 3.17. The number of benzene rings is 1. The number of nitrogens with zero attached hydrogens (tertiary/aromatic N) is 2. The van der Waals surface area contributed by atoms with E-state index < -0.39 is 0 Å². The highest BCUT2D eigenvalue weighted by molar-refractivity contribution is 5.99. The van der Waals surface area contributed by atoms with Gasteiger partial charge in [-0.2, -0.15) is 5.10 Å². The lowest BCUT2D eigenvalue weighted by Crippen LogP contribution is -2.27. The molecule has 1 amide bonds. The normalized spacial score (nSPS) is 16.0. The Bertz CT molecular complexity index is 891. The molecular formula is C18H15FN4O. The maximum atomic E-state index is 13.3. The number of hydrogen-bond acceptors (Lipinski definition) is 3. The Morgan fingerprint density at radius 2 is 2.08 bits per heavy atom.